The maximum absolute atomic E-state index is 9.75. The Hall–Kier alpha value is -1.09. The first-order chi connectivity index (χ1) is 3.77. The number of carbonyl (C=O) groups is 1. The SMILES string of the molecule is C=C.C=COC(C)=O.O. The number of hydrogen-bond donors (Lipinski definition) is 0. The molecule has 9 heavy (non-hydrogen) atoms. The molecule has 2 N–H and O–H groups in total. The maximum atomic E-state index is 9.75. The van der Waals surface area contributed by atoms with Crippen LogP contribution in [0.4, 0.5) is 0 Å². The molecule has 0 amide bonds. The molecule has 0 unspecified atom stereocenters. The second-order valence-electron chi connectivity index (χ2n) is 0.776. The summed E-state index contributed by atoms with van der Waals surface area (Å²) < 4.78 is 4.17. The van der Waals surface area contributed by atoms with E-state index in [1.54, 1.807) is 0 Å². The quantitative estimate of drug-likeness (QED) is 0.299. The summed E-state index contributed by atoms with van der Waals surface area (Å²) in [6.07, 6.45) is 1.10. The van der Waals surface area contributed by atoms with Crippen LogP contribution in [0, 0.1) is 0 Å². The molecule has 0 aliphatic carbocycles. The molecular weight excluding hydrogens is 120 g/mol. The van der Waals surface area contributed by atoms with Crippen LogP contribution >= 0.6 is 0 Å². The predicted octanol–water partition coefficient (Wildman–Crippen LogP) is 0.670. The molecule has 54 valence electrons. The molecule has 0 heterocycles. The Morgan fingerprint density at radius 2 is 1.89 bits per heavy atom. The minimum absolute atomic E-state index is 0. The van der Waals surface area contributed by atoms with Gasteiger partial charge in [0.25, 0.3) is 0 Å². The Morgan fingerprint density at radius 3 is 1.89 bits per heavy atom. The van der Waals surface area contributed by atoms with Crippen molar-refractivity contribution < 1.29 is 15.0 Å². The minimum Gasteiger partial charge on any atom is -0.435 e. The van der Waals surface area contributed by atoms with Crippen molar-refractivity contribution in [3.63, 3.8) is 0 Å². The highest BCUT2D eigenvalue weighted by atomic mass is 16.5. The molecule has 0 aromatic heterocycles. The largest absolute Gasteiger partial charge is 0.435 e. The Kier molecular flexibility index (Phi) is 27.5. The lowest BCUT2D eigenvalue weighted by Gasteiger charge is -1.83. The fourth-order valence-electron chi connectivity index (χ4n) is 0.117. The molecule has 0 atom stereocenters. The maximum Gasteiger partial charge on any atom is 0.307 e. The third kappa shape index (κ3) is 45.7. The minimum atomic E-state index is -0.329. The lowest BCUT2D eigenvalue weighted by atomic mass is 10.8. The van der Waals surface area contributed by atoms with Crippen LogP contribution in [0.5, 0.6) is 0 Å². The van der Waals surface area contributed by atoms with Crippen molar-refractivity contribution in [2.24, 2.45) is 0 Å². The molecule has 0 fully saturated rings. The van der Waals surface area contributed by atoms with Crippen molar-refractivity contribution in [2.45, 2.75) is 6.92 Å². The van der Waals surface area contributed by atoms with Crippen molar-refractivity contribution in [1.82, 2.24) is 0 Å². The van der Waals surface area contributed by atoms with Crippen LogP contribution in [-0.2, 0) is 9.53 Å². The van der Waals surface area contributed by atoms with Gasteiger partial charge in [0.15, 0.2) is 0 Å². The molecule has 3 heteroatoms. The van der Waals surface area contributed by atoms with Crippen molar-refractivity contribution >= 4 is 5.97 Å². The summed E-state index contributed by atoms with van der Waals surface area (Å²) in [5, 5.41) is 0. The molecular formula is C6H12O3. The first-order valence-electron chi connectivity index (χ1n) is 2.05. The fourth-order valence-corrected chi connectivity index (χ4v) is 0.117. The zero-order chi connectivity index (χ0) is 6.99. The summed E-state index contributed by atoms with van der Waals surface area (Å²) in [6.45, 7) is 10.5. The van der Waals surface area contributed by atoms with Gasteiger partial charge in [0.05, 0.1) is 6.26 Å². The predicted molar refractivity (Wildman–Crippen MR) is 36.8 cm³/mol. The molecule has 0 aromatic carbocycles. The summed E-state index contributed by atoms with van der Waals surface area (Å²) >= 11 is 0. The van der Waals surface area contributed by atoms with Gasteiger partial charge < -0.3 is 10.2 Å². The van der Waals surface area contributed by atoms with E-state index in [1.807, 2.05) is 0 Å². The molecule has 0 saturated carbocycles. The van der Waals surface area contributed by atoms with E-state index in [4.69, 9.17) is 0 Å². The van der Waals surface area contributed by atoms with Crippen LogP contribution in [0.15, 0.2) is 26.0 Å². The average Bonchev–Trinajstić information content (AvgIpc) is 1.72. The normalized spacial score (nSPS) is 5.00. The van der Waals surface area contributed by atoms with E-state index in [-0.39, 0.29) is 11.4 Å². The number of esters is 1. The highest BCUT2D eigenvalue weighted by Gasteiger charge is 1.79. The number of ether oxygens (including phenoxy) is 1. The van der Waals surface area contributed by atoms with E-state index in [0.29, 0.717) is 0 Å². The lowest BCUT2D eigenvalue weighted by molar-refractivity contribution is -0.135. The molecule has 0 aromatic rings. The average molecular weight is 132 g/mol. The van der Waals surface area contributed by atoms with E-state index >= 15 is 0 Å². The summed E-state index contributed by atoms with van der Waals surface area (Å²) in [7, 11) is 0. The van der Waals surface area contributed by atoms with Gasteiger partial charge in [0.2, 0.25) is 0 Å². The summed E-state index contributed by atoms with van der Waals surface area (Å²) in [5.74, 6) is -0.329. The van der Waals surface area contributed by atoms with Gasteiger partial charge in [0, 0.05) is 6.92 Å². The van der Waals surface area contributed by atoms with Crippen molar-refractivity contribution in [3.8, 4) is 0 Å². The van der Waals surface area contributed by atoms with E-state index < -0.39 is 0 Å². The molecule has 0 aliphatic rings. The molecule has 0 rings (SSSR count). The Balaban J connectivity index is -0.000000109. The zero-order valence-corrected chi connectivity index (χ0v) is 5.52. The summed E-state index contributed by atoms with van der Waals surface area (Å²) in [5.41, 5.74) is 0. The van der Waals surface area contributed by atoms with E-state index in [0.717, 1.165) is 6.26 Å². The van der Waals surface area contributed by atoms with Gasteiger partial charge >= 0.3 is 5.97 Å². The van der Waals surface area contributed by atoms with Crippen molar-refractivity contribution in [3.05, 3.63) is 26.0 Å². The van der Waals surface area contributed by atoms with Crippen LogP contribution in [0.25, 0.3) is 0 Å². The van der Waals surface area contributed by atoms with Crippen LogP contribution in [0.2, 0.25) is 0 Å². The lowest BCUT2D eigenvalue weighted by Crippen LogP contribution is -1.87. The van der Waals surface area contributed by atoms with E-state index in [1.165, 1.54) is 6.92 Å². The van der Waals surface area contributed by atoms with Crippen LogP contribution in [-0.4, -0.2) is 11.4 Å². The molecule has 3 nitrogen and oxygen atoms in total. The third-order valence-electron chi connectivity index (χ3n) is 0.249. The van der Waals surface area contributed by atoms with Crippen LogP contribution < -0.4 is 0 Å². The molecule has 0 saturated heterocycles. The molecule has 0 spiro atoms. The second-order valence-corrected chi connectivity index (χ2v) is 0.776. The van der Waals surface area contributed by atoms with Gasteiger partial charge in [-0.05, 0) is 0 Å². The van der Waals surface area contributed by atoms with Gasteiger partial charge in [-0.15, -0.1) is 13.2 Å². The van der Waals surface area contributed by atoms with E-state index in [2.05, 4.69) is 24.5 Å². The molecule has 0 aliphatic heterocycles. The van der Waals surface area contributed by atoms with Gasteiger partial charge in [0.1, 0.15) is 0 Å². The van der Waals surface area contributed by atoms with Crippen LogP contribution in [0.3, 0.4) is 0 Å². The number of carbonyl (C=O) groups excluding carboxylic acids is 1. The Labute approximate surface area is 54.9 Å². The smallest absolute Gasteiger partial charge is 0.307 e. The van der Waals surface area contributed by atoms with Gasteiger partial charge in [-0.3, -0.25) is 4.79 Å². The van der Waals surface area contributed by atoms with Crippen molar-refractivity contribution in [2.75, 3.05) is 0 Å². The van der Waals surface area contributed by atoms with E-state index in [9.17, 15) is 4.79 Å². The molecule has 0 radical (unpaired) electrons. The zero-order valence-electron chi connectivity index (χ0n) is 5.52. The standard InChI is InChI=1S/C4H6O2.C2H4.H2O/c1-3-6-4(2)5;1-2;/h3H,1H2,2H3;1-2H2;1H2. The monoisotopic (exact) mass is 132 g/mol. The first-order valence-corrected chi connectivity index (χ1v) is 2.05. The van der Waals surface area contributed by atoms with Gasteiger partial charge in [-0.1, -0.05) is 6.58 Å². The summed E-state index contributed by atoms with van der Waals surface area (Å²) in [6, 6.07) is 0. The van der Waals surface area contributed by atoms with Gasteiger partial charge in [-0.25, -0.2) is 0 Å². The highest BCUT2D eigenvalue weighted by Crippen LogP contribution is 1.70. The summed E-state index contributed by atoms with van der Waals surface area (Å²) in [4.78, 5) is 9.75. The Morgan fingerprint density at radius 1 is 1.56 bits per heavy atom. The number of hydrogen-bond acceptors (Lipinski definition) is 2. The van der Waals surface area contributed by atoms with Crippen molar-refractivity contribution in [1.29, 1.82) is 0 Å². The topological polar surface area (TPSA) is 57.8 Å². The second kappa shape index (κ2) is 15.8. The first kappa shape index (κ1) is 15.7. The highest BCUT2D eigenvalue weighted by molar-refractivity contribution is 5.66. The fraction of sp³-hybridized carbons (Fsp3) is 0.167. The number of rotatable bonds is 1. The Bertz CT molecular complexity index is 78.4. The van der Waals surface area contributed by atoms with Crippen LogP contribution in [0.1, 0.15) is 6.92 Å². The third-order valence-corrected chi connectivity index (χ3v) is 0.249. The van der Waals surface area contributed by atoms with Gasteiger partial charge in [-0.2, -0.15) is 0 Å². The molecule has 0 bridgehead atoms.